The first-order valence-electron chi connectivity index (χ1n) is 6.64. The number of nitrogens with zero attached hydrogens (tertiary/aromatic N) is 2. The predicted octanol–water partition coefficient (Wildman–Crippen LogP) is 2.38. The van der Waals surface area contributed by atoms with Crippen LogP contribution in [0.2, 0.25) is 0 Å². The average molecular weight is 245 g/mol. The van der Waals surface area contributed by atoms with Crippen molar-refractivity contribution in [3.05, 3.63) is 35.4 Å². The Labute approximate surface area is 110 Å². The zero-order valence-electron chi connectivity index (χ0n) is 11.6. The number of hydrogen-bond acceptors (Lipinski definition) is 3. The summed E-state index contributed by atoms with van der Waals surface area (Å²) in [5, 5.41) is 12.3. The van der Waals surface area contributed by atoms with Crippen LogP contribution in [-0.4, -0.2) is 30.6 Å². The monoisotopic (exact) mass is 245 g/mol. The van der Waals surface area contributed by atoms with Gasteiger partial charge in [0.1, 0.15) is 0 Å². The van der Waals surface area contributed by atoms with Crippen LogP contribution in [0.25, 0.3) is 0 Å². The Balaban J connectivity index is 2.42. The predicted molar refractivity (Wildman–Crippen MR) is 75.2 cm³/mol. The van der Waals surface area contributed by atoms with Crippen molar-refractivity contribution in [1.82, 2.24) is 10.2 Å². The molecule has 3 nitrogen and oxygen atoms in total. The maximum absolute atomic E-state index is 8.85. The van der Waals surface area contributed by atoms with Crippen molar-refractivity contribution in [1.29, 1.82) is 5.26 Å². The van der Waals surface area contributed by atoms with Crippen molar-refractivity contribution in [2.75, 3.05) is 19.6 Å². The molecule has 0 aliphatic carbocycles. The van der Waals surface area contributed by atoms with Gasteiger partial charge >= 0.3 is 0 Å². The van der Waals surface area contributed by atoms with E-state index in [1.165, 1.54) is 5.56 Å². The van der Waals surface area contributed by atoms with E-state index in [0.717, 1.165) is 31.7 Å². The standard InChI is InChI=1S/C15H23N3/c1-4-18(5-2)12-13(3)17-11-15-8-6-7-14(9-15)10-16/h6-9,13,17H,4-5,11-12H2,1-3H3. The summed E-state index contributed by atoms with van der Waals surface area (Å²) in [6, 6.07) is 10.4. The van der Waals surface area contributed by atoms with Gasteiger partial charge in [0, 0.05) is 19.1 Å². The highest BCUT2D eigenvalue weighted by Gasteiger charge is 2.06. The first kappa shape index (κ1) is 14.7. The maximum atomic E-state index is 8.85. The number of benzene rings is 1. The van der Waals surface area contributed by atoms with Gasteiger partial charge in [0.2, 0.25) is 0 Å². The van der Waals surface area contributed by atoms with Crippen molar-refractivity contribution in [2.24, 2.45) is 0 Å². The molecule has 0 saturated heterocycles. The van der Waals surface area contributed by atoms with Gasteiger partial charge in [-0.1, -0.05) is 26.0 Å². The van der Waals surface area contributed by atoms with Gasteiger partial charge in [0.25, 0.3) is 0 Å². The summed E-state index contributed by atoms with van der Waals surface area (Å²) in [7, 11) is 0. The lowest BCUT2D eigenvalue weighted by Gasteiger charge is -2.23. The van der Waals surface area contributed by atoms with E-state index in [4.69, 9.17) is 5.26 Å². The summed E-state index contributed by atoms with van der Waals surface area (Å²) in [5.74, 6) is 0. The van der Waals surface area contributed by atoms with E-state index in [1.807, 2.05) is 18.2 Å². The second-order valence-electron chi connectivity index (χ2n) is 4.58. The van der Waals surface area contributed by atoms with Crippen LogP contribution in [-0.2, 0) is 6.54 Å². The first-order valence-corrected chi connectivity index (χ1v) is 6.64. The molecule has 0 radical (unpaired) electrons. The van der Waals surface area contributed by atoms with Crippen LogP contribution in [0.4, 0.5) is 0 Å². The van der Waals surface area contributed by atoms with Crippen LogP contribution in [0, 0.1) is 11.3 Å². The van der Waals surface area contributed by atoms with E-state index < -0.39 is 0 Å². The molecule has 1 N–H and O–H groups in total. The third-order valence-electron chi connectivity index (χ3n) is 3.14. The molecule has 0 aliphatic rings. The highest BCUT2D eigenvalue weighted by Crippen LogP contribution is 2.04. The number of nitriles is 1. The van der Waals surface area contributed by atoms with Crippen molar-refractivity contribution in [3.63, 3.8) is 0 Å². The van der Waals surface area contributed by atoms with E-state index in [2.05, 4.69) is 43.1 Å². The van der Waals surface area contributed by atoms with E-state index >= 15 is 0 Å². The molecule has 1 atom stereocenters. The molecule has 1 rings (SSSR count). The van der Waals surface area contributed by atoms with Crippen LogP contribution in [0.15, 0.2) is 24.3 Å². The van der Waals surface area contributed by atoms with E-state index in [0.29, 0.717) is 6.04 Å². The van der Waals surface area contributed by atoms with Crippen molar-refractivity contribution >= 4 is 0 Å². The Hall–Kier alpha value is -1.37. The smallest absolute Gasteiger partial charge is 0.0991 e. The minimum Gasteiger partial charge on any atom is -0.309 e. The molecule has 0 bridgehead atoms. The Morgan fingerprint density at radius 3 is 2.67 bits per heavy atom. The van der Waals surface area contributed by atoms with Crippen LogP contribution < -0.4 is 5.32 Å². The van der Waals surface area contributed by atoms with Gasteiger partial charge < -0.3 is 10.2 Å². The summed E-state index contributed by atoms with van der Waals surface area (Å²) in [6.45, 7) is 10.6. The summed E-state index contributed by atoms with van der Waals surface area (Å²) in [6.07, 6.45) is 0. The number of rotatable bonds is 7. The average Bonchev–Trinajstić information content (AvgIpc) is 2.42. The van der Waals surface area contributed by atoms with Gasteiger partial charge in [-0.3, -0.25) is 0 Å². The quantitative estimate of drug-likeness (QED) is 0.801. The summed E-state index contributed by atoms with van der Waals surface area (Å²) in [5.41, 5.74) is 1.89. The summed E-state index contributed by atoms with van der Waals surface area (Å²) < 4.78 is 0. The van der Waals surface area contributed by atoms with Gasteiger partial charge in [-0.2, -0.15) is 5.26 Å². The van der Waals surface area contributed by atoms with Gasteiger partial charge in [0.05, 0.1) is 11.6 Å². The molecule has 0 saturated carbocycles. The molecule has 0 amide bonds. The van der Waals surface area contributed by atoms with Crippen LogP contribution in [0.1, 0.15) is 31.9 Å². The molecule has 0 heterocycles. The molecule has 98 valence electrons. The molecule has 0 fully saturated rings. The van der Waals surface area contributed by atoms with Gasteiger partial charge in [0.15, 0.2) is 0 Å². The normalized spacial score (nSPS) is 12.4. The van der Waals surface area contributed by atoms with E-state index in [9.17, 15) is 0 Å². The fourth-order valence-electron chi connectivity index (χ4n) is 1.98. The fraction of sp³-hybridized carbons (Fsp3) is 0.533. The molecular formula is C15H23N3. The minimum atomic E-state index is 0.454. The van der Waals surface area contributed by atoms with Crippen LogP contribution in [0.3, 0.4) is 0 Å². The third-order valence-corrected chi connectivity index (χ3v) is 3.14. The lowest BCUT2D eigenvalue weighted by atomic mass is 10.1. The number of nitrogens with one attached hydrogen (secondary N) is 1. The van der Waals surface area contributed by atoms with Crippen molar-refractivity contribution < 1.29 is 0 Å². The lowest BCUT2D eigenvalue weighted by Crippen LogP contribution is -2.38. The minimum absolute atomic E-state index is 0.454. The fourth-order valence-corrected chi connectivity index (χ4v) is 1.98. The van der Waals surface area contributed by atoms with Gasteiger partial charge in [-0.15, -0.1) is 0 Å². The third kappa shape index (κ3) is 4.87. The largest absolute Gasteiger partial charge is 0.309 e. The molecule has 0 aliphatic heterocycles. The second-order valence-corrected chi connectivity index (χ2v) is 4.58. The summed E-state index contributed by atoms with van der Waals surface area (Å²) in [4.78, 5) is 2.41. The van der Waals surface area contributed by atoms with Crippen molar-refractivity contribution in [3.8, 4) is 6.07 Å². The molecule has 0 aromatic heterocycles. The van der Waals surface area contributed by atoms with Crippen LogP contribution >= 0.6 is 0 Å². The zero-order valence-corrected chi connectivity index (χ0v) is 11.6. The van der Waals surface area contributed by atoms with Crippen molar-refractivity contribution in [2.45, 2.75) is 33.4 Å². The number of likely N-dealkylation sites (N-methyl/N-ethyl adjacent to an activating group) is 1. The maximum Gasteiger partial charge on any atom is 0.0991 e. The molecule has 1 unspecified atom stereocenters. The Bertz CT molecular complexity index is 391. The first-order chi connectivity index (χ1) is 8.69. The molecule has 1 aromatic carbocycles. The Morgan fingerprint density at radius 1 is 1.33 bits per heavy atom. The SMILES string of the molecule is CCN(CC)CC(C)NCc1cccc(C#N)c1. The second kappa shape index (κ2) is 7.86. The molecule has 0 spiro atoms. The molecule has 1 aromatic rings. The Morgan fingerprint density at radius 2 is 2.06 bits per heavy atom. The topological polar surface area (TPSA) is 39.1 Å². The molecular weight excluding hydrogens is 222 g/mol. The van der Waals surface area contributed by atoms with E-state index in [1.54, 1.807) is 0 Å². The van der Waals surface area contributed by atoms with Gasteiger partial charge in [-0.25, -0.2) is 0 Å². The highest BCUT2D eigenvalue weighted by atomic mass is 15.1. The highest BCUT2D eigenvalue weighted by molar-refractivity contribution is 5.32. The molecule has 18 heavy (non-hydrogen) atoms. The number of hydrogen-bond donors (Lipinski definition) is 1. The zero-order chi connectivity index (χ0) is 13.4. The Kier molecular flexibility index (Phi) is 6.42. The summed E-state index contributed by atoms with van der Waals surface area (Å²) >= 11 is 0. The van der Waals surface area contributed by atoms with Crippen LogP contribution in [0.5, 0.6) is 0 Å². The lowest BCUT2D eigenvalue weighted by molar-refractivity contribution is 0.270. The van der Waals surface area contributed by atoms with E-state index in [-0.39, 0.29) is 0 Å². The van der Waals surface area contributed by atoms with Gasteiger partial charge in [-0.05, 0) is 37.7 Å². The molecule has 3 heteroatoms.